The number of hydrogen-bond acceptors (Lipinski definition) is 4. The number of alkyl carbamates (subject to hydrolysis) is 1. The molecule has 0 unspecified atom stereocenters. The molecule has 1 aromatic rings. The number of nitrogens with one attached hydrogen (secondary N) is 1. The molecule has 5 nitrogen and oxygen atoms in total. The molecule has 1 N–H and O–H groups in total. The van der Waals surface area contributed by atoms with Crippen LogP contribution in [-0.2, 0) is 14.2 Å². The van der Waals surface area contributed by atoms with Crippen LogP contribution in [-0.4, -0.2) is 36.2 Å². The van der Waals surface area contributed by atoms with Gasteiger partial charge in [0.05, 0.1) is 12.6 Å². The molecule has 132 valence electrons. The van der Waals surface area contributed by atoms with Crippen LogP contribution in [0.5, 0.6) is 0 Å². The molecule has 0 radical (unpaired) electrons. The van der Waals surface area contributed by atoms with Crippen molar-refractivity contribution in [2.24, 2.45) is 0 Å². The quantitative estimate of drug-likeness (QED) is 0.915. The van der Waals surface area contributed by atoms with E-state index in [4.69, 9.17) is 14.2 Å². The summed E-state index contributed by atoms with van der Waals surface area (Å²) < 4.78 is 16.9. The van der Waals surface area contributed by atoms with Crippen LogP contribution in [0, 0.1) is 0 Å². The Morgan fingerprint density at radius 2 is 1.96 bits per heavy atom. The molecule has 0 saturated carbocycles. The van der Waals surface area contributed by atoms with Crippen LogP contribution in [0.15, 0.2) is 36.4 Å². The van der Waals surface area contributed by atoms with Crippen molar-refractivity contribution in [3.8, 4) is 0 Å². The van der Waals surface area contributed by atoms with Crippen molar-refractivity contribution >= 4 is 12.2 Å². The van der Waals surface area contributed by atoms with Crippen LogP contribution < -0.4 is 5.32 Å². The number of hydrogen-bond donors (Lipinski definition) is 1. The fourth-order valence-electron chi connectivity index (χ4n) is 2.36. The van der Waals surface area contributed by atoms with Gasteiger partial charge < -0.3 is 19.5 Å². The number of carbonyl (C=O) groups excluding carboxylic acids is 1. The Labute approximate surface area is 144 Å². The number of rotatable bonds is 3. The molecule has 1 fully saturated rings. The summed E-state index contributed by atoms with van der Waals surface area (Å²) in [6, 6.07) is 9.63. The summed E-state index contributed by atoms with van der Waals surface area (Å²) in [5.74, 6) is -0.697. The molecule has 0 aromatic heterocycles. The third kappa shape index (κ3) is 5.98. The first-order chi connectivity index (χ1) is 11.1. The molecule has 2 rings (SSSR count). The van der Waals surface area contributed by atoms with Gasteiger partial charge in [-0.15, -0.1) is 0 Å². The highest BCUT2D eigenvalue weighted by Gasteiger charge is 2.36. The van der Waals surface area contributed by atoms with Gasteiger partial charge in [-0.25, -0.2) is 4.79 Å². The first-order valence-corrected chi connectivity index (χ1v) is 8.19. The highest BCUT2D eigenvalue weighted by Crippen LogP contribution is 2.24. The smallest absolute Gasteiger partial charge is 0.408 e. The van der Waals surface area contributed by atoms with E-state index in [0.717, 1.165) is 5.56 Å². The Morgan fingerprint density at radius 1 is 1.29 bits per heavy atom. The zero-order chi connectivity index (χ0) is 17.8. The van der Waals surface area contributed by atoms with Crippen molar-refractivity contribution in [2.45, 2.75) is 58.2 Å². The number of benzene rings is 1. The molecule has 1 amide bonds. The molecule has 24 heavy (non-hydrogen) atoms. The van der Waals surface area contributed by atoms with Crippen molar-refractivity contribution in [3.05, 3.63) is 42.0 Å². The fourth-order valence-corrected chi connectivity index (χ4v) is 2.36. The lowest BCUT2D eigenvalue weighted by atomic mass is 10.1. The van der Waals surface area contributed by atoms with E-state index < -0.39 is 17.5 Å². The minimum atomic E-state index is -0.697. The van der Waals surface area contributed by atoms with Crippen molar-refractivity contribution in [2.75, 3.05) is 6.61 Å². The topological polar surface area (TPSA) is 56.8 Å². The molecule has 5 heteroatoms. The first-order valence-electron chi connectivity index (χ1n) is 8.19. The fraction of sp³-hybridized carbons (Fsp3) is 0.526. The van der Waals surface area contributed by atoms with Crippen LogP contribution in [0.3, 0.4) is 0 Å². The van der Waals surface area contributed by atoms with Gasteiger partial charge >= 0.3 is 6.09 Å². The maximum atomic E-state index is 12.0. The number of ether oxygens (including phenoxy) is 3. The lowest BCUT2D eigenvalue weighted by molar-refractivity contribution is -0.271. The molecule has 1 saturated heterocycles. The van der Waals surface area contributed by atoms with Gasteiger partial charge in [-0.2, -0.15) is 0 Å². The van der Waals surface area contributed by atoms with E-state index in [1.807, 2.05) is 77.1 Å². The van der Waals surface area contributed by atoms with E-state index in [1.165, 1.54) is 0 Å². The molecular formula is C19H27NO4. The monoisotopic (exact) mass is 333 g/mol. The van der Waals surface area contributed by atoms with Crippen LogP contribution in [0.25, 0.3) is 6.08 Å². The average molecular weight is 333 g/mol. The summed E-state index contributed by atoms with van der Waals surface area (Å²) in [6.07, 6.45) is 3.15. The normalized spacial score (nSPS) is 23.9. The molecule has 0 spiro atoms. The average Bonchev–Trinajstić information content (AvgIpc) is 2.46. The molecule has 1 aliphatic rings. The van der Waals surface area contributed by atoms with Gasteiger partial charge in [-0.1, -0.05) is 42.5 Å². The summed E-state index contributed by atoms with van der Waals surface area (Å²) in [6.45, 7) is 9.57. The molecule has 1 heterocycles. The minimum Gasteiger partial charge on any atom is -0.444 e. The Morgan fingerprint density at radius 3 is 2.58 bits per heavy atom. The van der Waals surface area contributed by atoms with E-state index in [1.54, 1.807) is 0 Å². The Bertz CT molecular complexity index is 575. The standard InChI is InChI=1S/C19H27NO4/c1-18(2,3)24-17(21)20-15-13-22-19(4,5)23-16(15)12-11-14-9-7-6-8-10-14/h6-12,15-16H,13H2,1-5H3,(H,20,21)/b12-11+/t15-,16-/m0/s1. The highest BCUT2D eigenvalue weighted by molar-refractivity contribution is 5.68. The Hall–Kier alpha value is -1.85. The van der Waals surface area contributed by atoms with E-state index in [2.05, 4.69) is 5.32 Å². The molecule has 2 atom stereocenters. The Balaban J connectivity index is 2.07. The van der Waals surface area contributed by atoms with E-state index in [0.29, 0.717) is 6.61 Å². The molecule has 1 aromatic carbocycles. The van der Waals surface area contributed by atoms with E-state index >= 15 is 0 Å². The van der Waals surface area contributed by atoms with Gasteiger partial charge in [0.15, 0.2) is 5.79 Å². The molecule has 0 bridgehead atoms. The summed E-state index contributed by atoms with van der Waals surface area (Å²) in [5, 5.41) is 2.84. The van der Waals surface area contributed by atoms with Gasteiger partial charge in [0.25, 0.3) is 0 Å². The van der Waals surface area contributed by atoms with Gasteiger partial charge in [0.2, 0.25) is 0 Å². The van der Waals surface area contributed by atoms with Crippen LogP contribution in [0.2, 0.25) is 0 Å². The maximum Gasteiger partial charge on any atom is 0.408 e. The first kappa shape index (κ1) is 18.5. The third-order valence-electron chi connectivity index (χ3n) is 3.41. The van der Waals surface area contributed by atoms with Crippen molar-refractivity contribution in [1.29, 1.82) is 0 Å². The summed E-state index contributed by atoms with van der Waals surface area (Å²) in [5.41, 5.74) is 0.524. The maximum absolute atomic E-state index is 12.0. The predicted octanol–water partition coefficient (Wildman–Crippen LogP) is 3.74. The zero-order valence-electron chi connectivity index (χ0n) is 15.0. The second-order valence-electron chi connectivity index (χ2n) is 7.32. The van der Waals surface area contributed by atoms with Crippen molar-refractivity contribution in [1.82, 2.24) is 5.32 Å². The largest absolute Gasteiger partial charge is 0.444 e. The van der Waals surface area contributed by atoms with Gasteiger partial charge in [-0.3, -0.25) is 0 Å². The van der Waals surface area contributed by atoms with Gasteiger partial charge in [0.1, 0.15) is 11.7 Å². The van der Waals surface area contributed by atoms with Crippen LogP contribution >= 0.6 is 0 Å². The lowest BCUT2D eigenvalue weighted by Crippen LogP contribution is -2.55. The molecule has 1 aliphatic heterocycles. The Kier molecular flexibility index (Phi) is 5.67. The van der Waals surface area contributed by atoms with Gasteiger partial charge in [0, 0.05) is 0 Å². The second-order valence-corrected chi connectivity index (χ2v) is 7.32. The molecule has 0 aliphatic carbocycles. The van der Waals surface area contributed by atoms with Crippen LogP contribution in [0.4, 0.5) is 4.79 Å². The van der Waals surface area contributed by atoms with E-state index in [-0.39, 0.29) is 12.1 Å². The van der Waals surface area contributed by atoms with Gasteiger partial charge in [-0.05, 0) is 40.2 Å². The second kappa shape index (κ2) is 7.36. The van der Waals surface area contributed by atoms with Crippen molar-refractivity contribution < 1.29 is 19.0 Å². The highest BCUT2D eigenvalue weighted by atomic mass is 16.7. The van der Waals surface area contributed by atoms with Crippen molar-refractivity contribution in [3.63, 3.8) is 0 Å². The summed E-state index contributed by atoms with van der Waals surface area (Å²) >= 11 is 0. The summed E-state index contributed by atoms with van der Waals surface area (Å²) in [4.78, 5) is 12.0. The third-order valence-corrected chi connectivity index (χ3v) is 3.41. The SMILES string of the molecule is CC(C)(C)OC(=O)N[C@H]1COC(C)(C)O[C@H]1/C=C/c1ccccc1. The summed E-state index contributed by atoms with van der Waals surface area (Å²) in [7, 11) is 0. The van der Waals surface area contributed by atoms with Crippen LogP contribution in [0.1, 0.15) is 40.2 Å². The zero-order valence-corrected chi connectivity index (χ0v) is 15.0. The molecular weight excluding hydrogens is 306 g/mol. The minimum absolute atomic E-state index is 0.304. The number of carbonyl (C=O) groups is 1. The van der Waals surface area contributed by atoms with E-state index in [9.17, 15) is 4.79 Å². The number of amides is 1. The lowest BCUT2D eigenvalue weighted by Gasteiger charge is -2.40. The predicted molar refractivity (Wildman–Crippen MR) is 93.5 cm³/mol.